The maximum Gasteiger partial charge on any atom is 0.139 e. The average Bonchev–Trinajstić information content (AvgIpc) is 2.96. The number of fused-ring (bicyclic) bond motifs is 5. The smallest absolute Gasteiger partial charge is 0.139 e. The molecule has 4 nitrogen and oxygen atoms in total. The summed E-state index contributed by atoms with van der Waals surface area (Å²) in [6.07, 6.45) is 9.77. The second-order valence-electron chi connectivity index (χ2n) is 11.0. The van der Waals surface area contributed by atoms with Crippen LogP contribution in [0.15, 0.2) is 23.9 Å². The Morgan fingerprint density at radius 3 is 2.71 bits per heavy atom. The fraction of sp³-hybridized carbons (Fsp3) is 0.792. The van der Waals surface area contributed by atoms with Gasteiger partial charge >= 0.3 is 0 Å². The molecular formula is C24H38N2O2. The van der Waals surface area contributed by atoms with E-state index < -0.39 is 0 Å². The van der Waals surface area contributed by atoms with E-state index in [1.165, 1.54) is 17.7 Å². The zero-order chi connectivity index (χ0) is 20.3. The summed E-state index contributed by atoms with van der Waals surface area (Å²) in [6, 6.07) is 0. The summed E-state index contributed by atoms with van der Waals surface area (Å²) in [5.41, 5.74) is 11.3. The maximum atomic E-state index is 12.6. The number of hydroxylamine groups is 1. The molecule has 4 heteroatoms. The molecule has 0 saturated heterocycles. The molecule has 0 aromatic rings. The summed E-state index contributed by atoms with van der Waals surface area (Å²) in [7, 11) is 0. The predicted octanol–water partition coefficient (Wildman–Crippen LogP) is 4.52. The van der Waals surface area contributed by atoms with Crippen molar-refractivity contribution in [1.82, 2.24) is 5.48 Å². The predicted molar refractivity (Wildman–Crippen MR) is 112 cm³/mol. The van der Waals surface area contributed by atoms with Gasteiger partial charge in [-0.1, -0.05) is 32.1 Å². The molecule has 3 fully saturated rings. The first-order chi connectivity index (χ1) is 13.1. The molecule has 4 aliphatic rings. The van der Waals surface area contributed by atoms with Crippen molar-refractivity contribution in [3.05, 3.63) is 23.9 Å². The lowest BCUT2D eigenvalue weighted by atomic mass is 9.45. The van der Waals surface area contributed by atoms with Gasteiger partial charge in [-0.15, -0.1) is 0 Å². The van der Waals surface area contributed by atoms with Gasteiger partial charge in [0, 0.05) is 30.0 Å². The summed E-state index contributed by atoms with van der Waals surface area (Å²) in [5, 5.41) is 0. The molecular weight excluding hydrogens is 348 g/mol. The Balaban J connectivity index is 1.56. The van der Waals surface area contributed by atoms with Gasteiger partial charge in [0.15, 0.2) is 0 Å². The van der Waals surface area contributed by atoms with Crippen LogP contribution < -0.4 is 11.2 Å². The molecule has 0 radical (unpaired) electrons. The number of ketones is 1. The first-order valence-electron chi connectivity index (χ1n) is 11.2. The highest BCUT2D eigenvalue weighted by Gasteiger charge is 2.60. The summed E-state index contributed by atoms with van der Waals surface area (Å²) < 4.78 is 0. The lowest BCUT2D eigenvalue weighted by Crippen LogP contribution is -2.53. The number of nitrogens with one attached hydrogen (secondary N) is 1. The van der Waals surface area contributed by atoms with Crippen molar-refractivity contribution in [2.45, 2.75) is 78.2 Å². The third kappa shape index (κ3) is 2.99. The van der Waals surface area contributed by atoms with Crippen LogP contribution in [0.4, 0.5) is 0 Å². The van der Waals surface area contributed by atoms with Crippen molar-refractivity contribution < 1.29 is 9.63 Å². The number of hydrogen-bond donors (Lipinski definition) is 2. The van der Waals surface area contributed by atoms with E-state index in [-0.39, 0.29) is 16.4 Å². The van der Waals surface area contributed by atoms with E-state index in [0.717, 1.165) is 38.5 Å². The lowest BCUT2D eigenvalue weighted by Gasteiger charge is -2.59. The van der Waals surface area contributed by atoms with E-state index in [9.17, 15) is 4.79 Å². The van der Waals surface area contributed by atoms with Crippen LogP contribution in [-0.2, 0) is 9.63 Å². The Morgan fingerprint density at radius 1 is 1.25 bits per heavy atom. The Hall–Kier alpha value is -1.13. The highest BCUT2D eigenvalue weighted by atomic mass is 16.7. The molecule has 0 amide bonds. The van der Waals surface area contributed by atoms with E-state index in [0.29, 0.717) is 36.0 Å². The van der Waals surface area contributed by atoms with E-state index in [2.05, 4.69) is 32.0 Å². The van der Waals surface area contributed by atoms with E-state index in [1.807, 2.05) is 13.8 Å². The minimum absolute atomic E-state index is 0.0660. The zero-order valence-electron chi connectivity index (χ0n) is 18.1. The molecule has 28 heavy (non-hydrogen) atoms. The molecule has 0 aliphatic heterocycles. The molecule has 4 rings (SSSR count). The highest BCUT2D eigenvalue weighted by Crippen LogP contribution is 2.65. The van der Waals surface area contributed by atoms with E-state index >= 15 is 0 Å². The zero-order valence-corrected chi connectivity index (χ0v) is 18.1. The minimum Gasteiger partial charge on any atom is -0.328 e. The van der Waals surface area contributed by atoms with Crippen molar-refractivity contribution in [1.29, 1.82) is 0 Å². The number of carbonyl (C=O) groups excluding carboxylic acids is 1. The molecule has 1 unspecified atom stereocenters. The van der Waals surface area contributed by atoms with Gasteiger partial charge in [-0.2, -0.15) is 0 Å². The van der Waals surface area contributed by atoms with Crippen LogP contribution in [0.3, 0.4) is 0 Å². The second kappa shape index (κ2) is 6.70. The largest absolute Gasteiger partial charge is 0.328 e. The molecule has 3 saturated carbocycles. The summed E-state index contributed by atoms with van der Waals surface area (Å²) in [6.45, 7) is 13.7. The maximum absolute atomic E-state index is 12.6. The average molecular weight is 387 g/mol. The van der Waals surface area contributed by atoms with Gasteiger partial charge in [0.05, 0.1) is 0 Å². The third-order valence-corrected chi connectivity index (χ3v) is 8.89. The van der Waals surface area contributed by atoms with Gasteiger partial charge in [-0.05, 0) is 75.5 Å². The minimum atomic E-state index is -0.376. The summed E-state index contributed by atoms with van der Waals surface area (Å²) >= 11 is 0. The van der Waals surface area contributed by atoms with Crippen molar-refractivity contribution in [2.75, 3.05) is 6.54 Å². The van der Waals surface area contributed by atoms with Crippen LogP contribution in [0.25, 0.3) is 0 Å². The quantitative estimate of drug-likeness (QED) is 0.551. The Labute approximate surface area is 170 Å². The van der Waals surface area contributed by atoms with Gasteiger partial charge in [-0.25, -0.2) is 0 Å². The number of carbonyl (C=O) groups is 1. The fourth-order valence-electron chi connectivity index (χ4n) is 6.96. The molecule has 6 atom stereocenters. The first-order valence-corrected chi connectivity index (χ1v) is 11.2. The number of Topliss-reactive ketones (excluding diaryl/α,β-unsaturated/α-hetero) is 1. The fourth-order valence-corrected chi connectivity index (χ4v) is 6.96. The van der Waals surface area contributed by atoms with Crippen molar-refractivity contribution in [3.63, 3.8) is 0 Å². The number of hydrogen-bond acceptors (Lipinski definition) is 4. The lowest BCUT2D eigenvalue weighted by molar-refractivity contribution is -0.134. The molecule has 0 bridgehead atoms. The summed E-state index contributed by atoms with van der Waals surface area (Å²) in [5.74, 6) is 2.81. The van der Waals surface area contributed by atoms with Crippen LogP contribution in [0.5, 0.6) is 0 Å². The molecule has 156 valence electrons. The van der Waals surface area contributed by atoms with Crippen LogP contribution in [0.1, 0.15) is 72.6 Å². The van der Waals surface area contributed by atoms with E-state index in [4.69, 9.17) is 10.6 Å². The Bertz CT molecular complexity index is 711. The second-order valence-corrected chi connectivity index (χ2v) is 11.0. The van der Waals surface area contributed by atoms with Gasteiger partial charge in [0.1, 0.15) is 11.4 Å². The van der Waals surface area contributed by atoms with Crippen molar-refractivity contribution >= 4 is 5.78 Å². The van der Waals surface area contributed by atoms with Crippen LogP contribution in [-0.4, -0.2) is 17.9 Å². The van der Waals surface area contributed by atoms with Crippen molar-refractivity contribution in [3.8, 4) is 0 Å². The van der Waals surface area contributed by atoms with E-state index in [1.54, 1.807) is 0 Å². The van der Waals surface area contributed by atoms with Gasteiger partial charge in [0.2, 0.25) is 0 Å². The van der Waals surface area contributed by atoms with Crippen molar-refractivity contribution in [2.24, 2.45) is 40.2 Å². The highest BCUT2D eigenvalue weighted by molar-refractivity contribution is 5.87. The van der Waals surface area contributed by atoms with Gasteiger partial charge < -0.3 is 5.73 Å². The SMILES string of the molecule is C=C1C[C@@H]2[C@H](CC[C@]3(C)C(=O)CC[C@@H]23)[C@@]2(C)CCC(NOC(C)(C)CN)=CC12. The molecule has 0 aromatic carbocycles. The molecule has 4 aliphatic carbocycles. The van der Waals surface area contributed by atoms with Crippen LogP contribution >= 0.6 is 0 Å². The number of allylic oxidation sites excluding steroid dienone is 3. The molecule has 0 spiro atoms. The first kappa shape index (κ1) is 20.2. The molecule has 0 aromatic heterocycles. The summed E-state index contributed by atoms with van der Waals surface area (Å²) in [4.78, 5) is 18.5. The number of nitrogens with two attached hydrogens (primary N) is 1. The third-order valence-electron chi connectivity index (χ3n) is 8.89. The standard InChI is InChI=1S/C24H38N2O2/c1-15-12-17-18-6-7-21(27)24(18,5)11-9-19(17)23(4)10-8-16(13-20(15)23)26-28-22(2,3)14-25/h13,17-20,26H,1,6-12,14,25H2,2-5H3/t17-,18-,19-,20?,23+,24-/m0/s1. The molecule has 0 heterocycles. The Morgan fingerprint density at radius 2 is 2.00 bits per heavy atom. The van der Waals surface area contributed by atoms with Gasteiger partial charge in [0.25, 0.3) is 0 Å². The van der Waals surface area contributed by atoms with Crippen LogP contribution in [0, 0.1) is 34.5 Å². The van der Waals surface area contributed by atoms with Gasteiger partial charge in [-0.3, -0.25) is 15.1 Å². The topological polar surface area (TPSA) is 64.3 Å². The molecule has 3 N–H and O–H groups in total. The van der Waals surface area contributed by atoms with Crippen LogP contribution in [0.2, 0.25) is 0 Å². The normalized spacial score (nSPS) is 43.1. The Kier molecular flexibility index (Phi) is 4.82. The number of rotatable bonds is 4. The monoisotopic (exact) mass is 386 g/mol.